The van der Waals surface area contributed by atoms with Gasteiger partial charge in [-0.3, -0.25) is 4.79 Å². The Morgan fingerprint density at radius 2 is 1.80 bits per heavy atom. The summed E-state index contributed by atoms with van der Waals surface area (Å²) in [5, 5.41) is 3.24. The summed E-state index contributed by atoms with van der Waals surface area (Å²) < 4.78 is 12.4. The average molecular weight is 478 g/mol. The van der Waals surface area contributed by atoms with Crippen molar-refractivity contribution in [2.75, 3.05) is 7.05 Å². The van der Waals surface area contributed by atoms with Crippen molar-refractivity contribution in [2.45, 2.75) is 90.1 Å². The van der Waals surface area contributed by atoms with Gasteiger partial charge in [0.15, 0.2) is 0 Å². The van der Waals surface area contributed by atoms with Gasteiger partial charge < -0.3 is 24.5 Å². The molecule has 3 heterocycles. The van der Waals surface area contributed by atoms with E-state index in [1.807, 2.05) is 13.2 Å². The minimum Gasteiger partial charge on any atom is -0.399 e. The largest absolute Gasteiger partial charge is 0.494 e. The third-order valence-electron chi connectivity index (χ3n) is 8.71. The van der Waals surface area contributed by atoms with Crippen molar-refractivity contribution in [3.05, 3.63) is 36.3 Å². The standard InChI is InChI=1S/C27H39BN4O3/c1-16(2)22(29-7)25(33)32-20-13-10-18(14-20)23(32)24-30-15-21(31-24)17-8-11-19(12-9-17)28-34-26(3,4)27(5,6)35-28/h8-9,11-12,15-16,18,20,22-23,29H,10,13-14H2,1-7H3,(H,30,31). The lowest BCUT2D eigenvalue weighted by molar-refractivity contribution is -0.139. The SMILES string of the molecule is CNC(C(=O)N1C2CCC(C2)C1c1ncc(-c2ccc(B3OC(C)(C)C(C)(C)O3)cc2)[nH]1)C(C)C. The molecule has 7 nitrogen and oxygen atoms in total. The summed E-state index contributed by atoms with van der Waals surface area (Å²) in [6.45, 7) is 12.5. The van der Waals surface area contributed by atoms with Crippen LogP contribution in [0.25, 0.3) is 11.3 Å². The number of likely N-dealkylation sites (tertiary alicyclic amines) is 1. The van der Waals surface area contributed by atoms with E-state index < -0.39 is 0 Å². The lowest BCUT2D eigenvalue weighted by Crippen LogP contribution is -2.51. The van der Waals surface area contributed by atoms with E-state index in [1.54, 1.807) is 0 Å². The zero-order valence-corrected chi connectivity index (χ0v) is 22.1. The van der Waals surface area contributed by atoms with E-state index in [2.05, 4.69) is 81.0 Å². The summed E-state index contributed by atoms with van der Waals surface area (Å²) in [5.74, 6) is 1.80. The van der Waals surface area contributed by atoms with Gasteiger partial charge in [-0.2, -0.15) is 0 Å². The van der Waals surface area contributed by atoms with Crippen LogP contribution in [0.1, 0.15) is 72.7 Å². The lowest BCUT2D eigenvalue weighted by atomic mass is 9.79. The number of likely N-dealkylation sites (N-methyl/N-ethyl adjacent to an activating group) is 1. The van der Waals surface area contributed by atoms with Crippen molar-refractivity contribution in [1.29, 1.82) is 0 Å². The average Bonchev–Trinajstić information content (AvgIpc) is 3.57. The Labute approximate surface area is 209 Å². The molecule has 3 aliphatic rings. The number of rotatable bonds is 6. The van der Waals surface area contributed by atoms with E-state index in [0.29, 0.717) is 12.0 Å². The van der Waals surface area contributed by atoms with Crippen LogP contribution in [-0.4, -0.2) is 58.2 Å². The van der Waals surface area contributed by atoms with Gasteiger partial charge in [0.05, 0.1) is 35.2 Å². The first-order chi connectivity index (χ1) is 16.5. The number of aromatic amines is 1. The van der Waals surface area contributed by atoms with Crippen LogP contribution in [0.2, 0.25) is 0 Å². The summed E-state index contributed by atoms with van der Waals surface area (Å²) in [7, 11) is 1.51. The number of hydrogen-bond acceptors (Lipinski definition) is 5. The second-order valence-electron chi connectivity index (χ2n) is 11.8. The molecule has 1 aromatic heterocycles. The molecular weight excluding hydrogens is 439 g/mol. The maximum atomic E-state index is 13.5. The third kappa shape index (κ3) is 4.13. The molecule has 2 aliphatic heterocycles. The zero-order valence-electron chi connectivity index (χ0n) is 22.1. The van der Waals surface area contributed by atoms with Crippen LogP contribution in [0, 0.1) is 11.8 Å². The number of amides is 1. The Bertz CT molecular complexity index is 1060. The van der Waals surface area contributed by atoms with Crippen molar-refractivity contribution in [3.63, 3.8) is 0 Å². The highest BCUT2D eigenvalue weighted by Gasteiger charge is 2.52. The first-order valence-corrected chi connectivity index (χ1v) is 13.0. The number of nitrogens with one attached hydrogen (secondary N) is 2. The molecule has 2 bridgehead atoms. The molecule has 2 N–H and O–H groups in total. The predicted octanol–water partition coefficient (Wildman–Crippen LogP) is 3.67. The first kappa shape index (κ1) is 24.5. The Morgan fingerprint density at radius 1 is 1.14 bits per heavy atom. The van der Waals surface area contributed by atoms with Gasteiger partial charge in [0, 0.05) is 6.04 Å². The van der Waals surface area contributed by atoms with E-state index in [1.165, 1.54) is 0 Å². The van der Waals surface area contributed by atoms with E-state index >= 15 is 0 Å². The van der Waals surface area contributed by atoms with E-state index in [9.17, 15) is 4.79 Å². The minimum absolute atomic E-state index is 0.0219. The highest BCUT2D eigenvalue weighted by Crippen LogP contribution is 2.50. The number of nitrogens with zero attached hydrogens (tertiary/aromatic N) is 2. The minimum atomic E-state index is -0.374. The van der Waals surface area contributed by atoms with Gasteiger partial charge in [0.2, 0.25) is 5.91 Å². The van der Waals surface area contributed by atoms with Gasteiger partial charge in [-0.1, -0.05) is 38.1 Å². The topological polar surface area (TPSA) is 79.5 Å². The maximum absolute atomic E-state index is 13.5. The van der Waals surface area contributed by atoms with Gasteiger partial charge in [-0.05, 0) is 76.9 Å². The van der Waals surface area contributed by atoms with Crippen LogP contribution in [0.5, 0.6) is 0 Å². The van der Waals surface area contributed by atoms with Crippen LogP contribution >= 0.6 is 0 Å². The number of benzene rings is 1. The fourth-order valence-electron chi connectivity index (χ4n) is 5.99. The second kappa shape index (κ2) is 8.75. The molecule has 0 spiro atoms. The number of hydrogen-bond donors (Lipinski definition) is 2. The fourth-order valence-corrected chi connectivity index (χ4v) is 5.99. The molecule has 1 amide bonds. The summed E-state index contributed by atoms with van der Waals surface area (Å²) in [6.07, 6.45) is 5.22. The maximum Gasteiger partial charge on any atom is 0.494 e. The van der Waals surface area contributed by atoms with Gasteiger partial charge >= 0.3 is 7.12 Å². The Kier molecular flexibility index (Phi) is 6.13. The number of aromatic nitrogens is 2. The molecule has 5 rings (SSSR count). The fraction of sp³-hybridized carbons (Fsp3) is 0.630. The third-order valence-corrected chi connectivity index (χ3v) is 8.71. The van der Waals surface area contributed by atoms with Crippen LogP contribution in [0.3, 0.4) is 0 Å². The van der Waals surface area contributed by atoms with Crippen LogP contribution < -0.4 is 10.8 Å². The number of fused-ring (bicyclic) bond motifs is 2. The molecular formula is C27H39BN4O3. The summed E-state index contributed by atoms with van der Waals surface area (Å²) in [6, 6.07) is 8.45. The molecule has 0 radical (unpaired) electrons. The van der Waals surface area contributed by atoms with Crippen molar-refractivity contribution in [1.82, 2.24) is 20.2 Å². The van der Waals surface area contributed by atoms with Gasteiger partial charge in [0.1, 0.15) is 5.82 Å². The lowest BCUT2D eigenvalue weighted by Gasteiger charge is -2.37. The number of imidazole rings is 1. The molecule has 35 heavy (non-hydrogen) atoms. The Balaban J connectivity index is 1.36. The molecule has 4 unspecified atom stereocenters. The number of carbonyl (C=O) groups is 1. The molecule has 3 fully saturated rings. The highest BCUT2D eigenvalue weighted by atomic mass is 16.7. The second-order valence-corrected chi connectivity index (χ2v) is 11.8. The Morgan fingerprint density at radius 3 is 2.40 bits per heavy atom. The number of carbonyl (C=O) groups excluding carboxylic acids is 1. The Hall–Kier alpha value is -2.16. The van der Waals surface area contributed by atoms with Crippen LogP contribution in [0.15, 0.2) is 30.5 Å². The van der Waals surface area contributed by atoms with Gasteiger partial charge in [-0.15, -0.1) is 0 Å². The molecule has 1 saturated carbocycles. The smallest absolute Gasteiger partial charge is 0.399 e. The number of piperidine rings is 1. The first-order valence-electron chi connectivity index (χ1n) is 13.0. The molecule has 4 atom stereocenters. The monoisotopic (exact) mass is 478 g/mol. The van der Waals surface area contributed by atoms with Crippen LogP contribution in [-0.2, 0) is 14.1 Å². The summed E-state index contributed by atoms with van der Waals surface area (Å²) in [5.41, 5.74) is 2.30. The van der Waals surface area contributed by atoms with E-state index in [0.717, 1.165) is 41.8 Å². The quantitative estimate of drug-likeness (QED) is 0.620. The van der Waals surface area contributed by atoms with Gasteiger partial charge in [0.25, 0.3) is 0 Å². The van der Waals surface area contributed by atoms with Crippen molar-refractivity contribution >= 4 is 18.5 Å². The highest BCUT2D eigenvalue weighted by molar-refractivity contribution is 6.62. The molecule has 1 aromatic carbocycles. The van der Waals surface area contributed by atoms with Crippen molar-refractivity contribution in [3.8, 4) is 11.3 Å². The van der Waals surface area contributed by atoms with Crippen molar-refractivity contribution in [2.24, 2.45) is 11.8 Å². The van der Waals surface area contributed by atoms with E-state index in [-0.39, 0.29) is 42.2 Å². The van der Waals surface area contributed by atoms with Crippen molar-refractivity contribution < 1.29 is 14.1 Å². The molecule has 2 aromatic rings. The normalized spacial score (nSPS) is 27.7. The zero-order chi connectivity index (χ0) is 25.1. The van der Waals surface area contributed by atoms with E-state index in [4.69, 9.17) is 14.3 Å². The summed E-state index contributed by atoms with van der Waals surface area (Å²) in [4.78, 5) is 24.0. The molecule has 188 valence electrons. The molecule has 8 heteroatoms. The number of H-pyrrole nitrogens is 1. The predicted molar refractivity (Wildman–Crippen MR) is 138 cm³/mol. The van der Waals surface area contributed by atoms with Gasteiger partial charge in [-0.25, -0.2) is 4.98 Å². The molecule has 2 saturated heterocycles. The molecule has 1 aliphatic carbocycles. The van der Waals surface area contributed by atoms with Crippen LogP contribution in [0.4, 0.5) is 0 Å². The summed E-state index contributed by atoms with van der Waals surface area (Å²) >= 11 is 0.